The van der Waals surface area contributed by atoms with Gasteiger partial charge in [0.25, 0.3) is 0 Å². The first-order chi connectivity index (χ1) is 16.4. The molecule has 1 saturated carbocycles. The van der Waals surface area contributed by atoms with Gasteiger partial charge in [-0.2, -0.15) is 0 Å². The van der Waals surface area contributed by atoms with Crippen molar-refractivity contribution in [3.63, 3.8) is 0 Å². The van der Waals surface area contributed by atoms with Gasteiger partial charge in [0, 0.05) is 12.5 Å². The molecule has 0 aromatic heterocycles. The maximum atomic E-state index is 12.9. The van der Waals surface area contributed by atoms with E-state index in [0.717, 1.165) is 35.1 Å². The third-order valence-electron chi connectivity index (χ3n) is 6.56. The number of carbonyl (C=O) groups excluding carboxylic acids is 2. The van der Waals surface area contributed by atoms with E-state index in [4.69, 9.17) is 14.6 Å². The first kappa shape index (κ1) is 23.8. The summed E-state index contributed by atoms with van der Waals surface area (Å²) in [5, 5.41) is 14.2. The molecule has 180 valence electrons. The average Bonchev–Trinajstić information content (AvgIpc) is 3.63. The molecule has 8 heteroatoms. The van der Waals surface area contributed by atoms with Gasteiger partial charge in [0.15, 0.2) is 0 Å². The fraction of sp³-hybridized carbons (Fsp3) is 0.423. The molecule has 0 radical (unpaired) electrons. The number of carboxylic acids is 1. The van der Waals surface area contributed by atoms with Gasteiger partial charge in [-0.25, -0.2) is 4.79 Å². The molecule has 0 spiro atoms. The van der Waals surface area contributed by atoms with Crippen LogP contribution < -0.4 is 10.6 Å². The monoisotopic (exact) mass is 466 g/mol. The molecule has 2 aliphatic rings. The van der Waals surface area contributed by atoms with E-state index in [1.807, 2.05) is 24.3 Å². The lowest BCUT2D eigenvalue weighted by atomic mass is 9.94. The van der Waals surface area contributed by atoms with Crippen LogP contribution in [0.3, 0.4) is 0 Å². The Balaban J connectivity index is 1.32. The largest absolute Gasteiger partial charge is 0.481 e. The highest BCUT2D eigenvalue weighted by Gasteiger charge is 2.48. The number of aliphatic carboxylic acids is 1. The first-order valence-electron chi connectivity index (χ1n) is 11.6. The zero-order chi connectivity index (χ0) is 24.1. The molecule has 3 N–H and O–H groups in total. The molecular weight excluding hydrogens is 436 g/mol. The number of carbonyl (C=O) groups is 3. The molecular formula is C26H30N2O6. The molecule has 8 nitrogen and oxygen atoms in total. The second-order valence-corrected chi connectivity index (χ2v) is 8.94. The maximum absolute atomic E-state index is 12.9. The minimum Gasteiger partial charge on any atom is -0.481 e. The van der Waals surface area contributed by atoms with Crippen LogP contribution in [-0.2, 0) is 19.1 Å². The van der Waals surface area contributed by atoms with Crippen molar-refractivity contribution in [2.75, 3.05) is 26.4 Å². The number of hydrogen-bond acceptors (Lipinski definition) is 5. The van der Waals surface area contributed by atoms with Crippen molar-refractivity contribution in [1.82, 2.24) is 10.6 Å². The Morgan fingerprint density at radius 2 is 1.62 bits per heavy atom. The Bertz CT molecular complexity index is 1020. The summed E-state index contributed by atoms with van der Waals surface area (Å²) in [7, 11) is 0. The van der Waals surface area contributed by atoms with Gasteiger partial charge >= 0.3 is 12.1 Å². The molecule has 34 heavy (non-hydrogen) atoms. The Morgan fingerprint density at radius 1 is 1.00 bits per heavy atom. The lowest BCUT2D eigenvalue weighted by Crippen LogP contribution is -2.59. The van der Waals surface area contributed by atoms with Crippen LogP contribution in [0.15, 0.2) is 48.5 Å². The number of fused-ring (bicyclic) bond motifs is 3. The Hall–Kier alpha value is -3.39. The number of alkyl carbamates (subject to hydrolysis) is 1. The summed E-state index contributed by atoms with van der Waals surface area (Å²) < 4.78 is 10.8. The van der Waals surface area contributed by atoms with E-state index in [0.29, 0.717) is 0 Å². The van der Waals surface area contributed by atoms with Crippen LogP contribution in [0.4, 0.5) is 4.79 Å². The number of ether oxygens (including phenoxy) is 2. The predicted octanol–water partition coefficient (Wildman–Crippen LogP) is 3.30. The quantitative estimate of drug-likeness (QED) is 0.438. The fourth-order valence-electron chi connectivity index (χ4n) is 4.53. The molecule has 0 saturated heterocycles. The number of benzene rings is 2. The summed E-state index contributed by atoms with van der Waals surface area (Å²) in [6.45, 7) is 2.41. The topological polar surface area (TPSA) is 114 Å². The van der Waals surface area contributed by atoms with Crippen LogP contribution in [0.25, 0.3) is 11.1 Å². The van der Waals surface area contributed by atoms with Gasteiger partial charge in [-0.3, -0.25) is 9.59 Å². The number of hydrogen-bond donors (Lipinski definition) is 3. The van der Waals surface area contributed by atoms with Gasteiger partial charge in [0.1, 0.15) is 12.1 Å². The molecule has 1 atom stereocenters. The Kier molecular flexibility index (Phi) is 7.17. The minimum absolute atomic E-state index is 0.0425. The van der Waals surface area contributed by atoms with Crippen LogP contribution in [0.5, 0.6) is 0 Å². The van der Waals surface area contributed by atoms with Crippen molar-refractivity contribution in [3.05, 3.63) is 59.7 Å². The lowest BCUT2D eigenvalue weighted by molar-refractivity contribution is -0.138. The van der Waals surface area contributed by atoms with Crippen LogP contribution in [0.2, 0.25) is 0 Å². The highest BCUT2D eigenvalue weighted by atomic mass is 16.5. The van der Waals surface area contributed by atoms with Crippen LogP contribution in [0, 0.1) is 5.92 Å². The third-order valence-corrected chi connectivity index (χ3v) is 6.56. The molecule has 1 unspecified atom stereocenters. The zero-order valence-corrected chi connectivity index (χ0v) is 19.2. The molecule has 2 aromatic carbocycles. The summed E-state index contributed by atoms with van der Waals surface area (Å²) >= 11 is 0. The van der Waals surface area contributed by atoms with Gasteiger partial charge in [0.05, 0.1) is 19.6 Å². The predicted molar refractivity (Wildman–Crippen MR) is 125 cm³/mol. The van der Waals surface area contributed by atoms with Crippen molar-refractivity contribution in [3.8, 4) is 11.1 Å². The molecule has 2 aliphatic carbocycles. The molecule has 4 rings (SSSR count). The second kappa shape index (κ2) is 10.3. The van der Waals surface area contributed by atoms with Crippen molar-refractivity contribution in [1.29, 1.82) is 0 Å². The van der Waals surface area contributed by atoms with Crippen LogP contribution in [-0.4, -0.2) is 55.0 Å². The number of rotatable bonds is 11. The summed E-state index contributed by atoms with van der Waals surface area (Å²) in [6, 6.07) is 16.2. The highest BCUT2D eigenvalue weighted by Crippen LogP contribution is 2.44. The number of carboxylic acid groups (broad SMARTS) is 1. The molecule has 1 fully saturated rings. The van der Waals surface area contributed by atoms with E-state index in [9.17, 15) is 14.4 Å². The number of amides is 2. The fourth-order valence-corrected chi connectivity index (χ4v) is 4.53. The highest BCUT2D eigenvalue weighted by molar-refractivity contribution is 5.90. The number of nitrogens with one attached hydrogen (secondary N) is 2. The third kappa shape index (κ3) is 5.22. The lowest BCUT2D eigenvalue weighted by Gasteiger charge is -2.29. The Morgan fingerprint density at radius 3 is 2.21 bits per heavy atom. The van der Waals surface area contributed by atoms with E-state index in [2.05, 4.69) is 34.9 Å². The smallest absolute Gasteiger partial charge is 0.408 e. The van der Waals surface area contributed by atoms with Gasteiger partial charge in [-0.05, 0) is 47.9 Å². The van der Waals surface area contributed by atoms with Crippen molar-refractivity contribution < 1.29 is 29.0 Å². The summed E-state index contributed by atoms with van der Waals surface area (Å²) in [4.78, 5) is 36.2. The van der Waals surface area contributed by atoms with Crippen molar-refractivity contribution in [2.24, 2.45) is 5.92 Å². The van der Waals surface area contributed by atoms with Gasteiger partial charge in [-0.15, -0.1) is 0 Å². The first-order valence-corrected chi connectivity index (χ1v) is 11.6. The van der Waals surface area contributed by atoms with Crippen molar-refractivity contribution in [2.45, 2.75) is 37.6 Å². The van der Waals surface area contributed by atoms with Crippen LogP contribution in [0.1, 0.15) is 43.2 Å². The zero-order valence-electron chi connectivity index (χ0n) is 19.2. The van der Waals surface area contributed by atoms with E-state index in [1.165, 1.54) is 0 Å². The van der Waals surface area contributed by atoms with E-state index >= 15 is 0 Å². The van der Waals surface area contributed by atoms with Gasteiger partial charge < -0.3 is 25.2 Å². The summed E-state index contributed by atoms with van der Waals surface area (Å²) in [6.07, 6.45) is 0.992. The molecule has 0 bridgehead atoms. The molecule has 0 aliphatic heterocycles. The van der Waals surface area contributed by atoms with E-state index < -0.39 is 17.6 Å². The van der Waals surface area contributed by atoms with E-state index in [-0.39, 0.29) is 50.5 Å². The normalized spacial score (nSPS) is 16.1. The van der Waals surface area contributed by atoms with Gasteiger partial charge in [0.2, 0.25) is 5.91 Å². The molecule has 2 amide bonds. The standard InChI is InChI=1S/C26H30N2O6/c1-26(17-10-11-17,24(31)27-13-15-33-14-12-23(29)30)28-25(32)34-16-22-20-8-4-2-6-18(20)19-7-3-5-9-21(19)22/h2-9,17,22H,10-16H2,1H3,(H,27,31)(H,28,32)(H,29,30). The Labute approximate surface area is 198 Å². The minimum atomic E-state index is -1.08. The molecule has 0 heterocycles. The summed E-state index contributed by atoms with van der Waals surface area (Å²) in [5.41, 5.74) is 3.48. The molecule has 2 aromatic rings. The maximum Gasteiger partial charge on any atom is 0.408 e. The SMILES string of the molecule is CC(NC(=O)OCC1c2ccccc2-c2ccccc21)(C(=O)NCCOCCC(=O)O)C1CC1. The summed E-state index contributed by atoms with van der Waals surface area (Å²) in [5.74, 6) is -1.24. The average molecular weight is 467 g/mol. The van der Waals surface area contributed by atoms with Crippen molar-refractivity contribution >= 4 is 18.0 Å². The van der Waals surface area contributed by atoms with Crippen LogP contribution >= 0.6 is 0 Å². The van der Waals surface area contributed by atoms with E-state index in [1.54, 1.807) is 6.92 Å². The second-order valence-electron chi connectivity index (χ2n) is 8.94. The van der Waals surface area contributed by atoms with Gasteiger partial charge in [-0.1, -0.05) is 48.5 Å².